The van der Waals surface area contributed by atoms with Gasteiger partial charge in [-0.05, 0) is 36.9 Å². The average Bonchev–Trinajstić information content (AvgIpc) is 3.27. The van der Waals surface area contributed by atoms with Gasteiger partial charge in [0.25, 0.3) is 0 Å². The molecule has 0 bridgehead atoms. The smallest absolute Gasteiger partial charge is 0.186 e. The molecule has 28 heavy (non-hydrogen) atoms. The summed E-state index contributed by atoms with van der Waals surface area (Å²) in [6, 6.07) is 20.6. The molecule has 0 fully saturated rings. The normalized spacial score (nSPS) is 19.6. The van der Waals surface area contributed by atoms with Crippen molar-refractivity contribution >= 4 is 0 Å². The van der Waals surface area contributed by atoms with E-state index in [1.165, 1.54) is 0 Å². The molecule has 0 saturated carbocycles. The number of rotatable bonds is 5. The van der Waals surface area contributed by atoms with E-state index in [0.717, 1.165) is 16.7 Å². The van der Waals surface area contributed by atoms with Gasteiger partial charge in [-0.25, -0.2) is 9.37 Å². The Morgan fingerprint density at radius 2 is 1.61 bits per heavy atom. The highest BCUT2D eigenvalue weighted by molar-refractivity contribution is 5.53. The van der Waals surface area contributed by atoms with Gasteiger partial charge in [0.2, 0.25) is 0 Å². The lowest BCUT2D eigenvalue weighted by atomic mass is 9.74. The van der Waals surface area contributed by atoms with E-state index in [-0.39, 0.29) is 0 Å². The maximum Gasteiger partial charge on any atom is 0.186 e. The fourth-order valence-corrected chi connectivity index (χ4v) is 3.97. The van der Waals surface area contributed by atoms with Crippen molar-refractivity contribution in [3.8, 4) is 0 Å². The molecule has 3 nitrogen and oxygen atoms in total. The second-order valence-corrected chi connectivity index (χ2v) is 7.32. The van der Waals surface area contributed by atoms with Gasteiger partial charge < -0.3 is 4.57 Å². The maximum absolute atomic E-state index is 15.2. The van der Waals surface area contributed by atoms with E-state index in [0.29, 0.717) is 6.42 Å². The standard InChI is InChI=1S/C24H24FN3/c1-27(2)23(25)15-13-22(14-16-23)24(28-18-17-26-19-28,20-9-5-3-6-10-20)21-11-7-4-8-12-21/h3-15,17-19H,16H2,1-2H3. The summed E-state index contributed by atoms with van der Waals surface area (Å²) >= 11 is 0. The van der Waals surface area contributed by atoms with Crippen LogP contribution in [0, 0.1) is 0 Å². The van der Waals surface area contributed by atoms with Gasteiger partial charge in [-0.2, -0.15) is 0 Å². The van der Waals surface area contributed by atoms with E-state index in [1.54, 1.807) is 31.3 Å². The monoisotopic (exact) mass is 373 g/mol. The minimum Gasteiger partial charge on any atom is -0.319 e. The highest BCUT2D eigenvalue weighted by Gasteiger charge is 2.41. The summed E-state index contributed by atoms with van der Waals surface area (Å²) in [5, 5.41) is 0. The molecular weight excluding hydrogens is 349 g/mol. The number of hydrogen-bond donors (Lipinski definition) is 0. The van der Waals surface area contributed by atoms with Crippen LogP contribution in [-0.4, -0.2) is 34.3 Å². The fraction of sp³-hybridized carbons (Fsp3) is 0.208. The Labute approximate surface area is 165 Å². The van der Waals surface area contributed by atoms with E-state index < -0.39 is 11.3 Å². The number of benzene rings is 2. The molecule has 1 atom stereocenters. The molecule has 142 valence electrons. The lowest BCUT2D eigenvalue weighted by Gasteiger charge is -2.40. The zero-order chi connectivity index (χ0) is 19.6. The van der Waals surface area contributed by atoms with Crippen molar-refractivity contribution in [1.82, 2.24) is 14.5 Å². The number of allylic oxidation sites excluding steroid dienone is 2. The van der Waals surface area contributed by atoms with Gasteiger partial charge in [0.05, 0.1) is 6.33 Å². The maximum atomic E-state index is 15.2. The highest BCUT2D eigenvalue weighted by atomic mass is 19.1. The van der Waals surface area contributed by atoms with E-state index in [9.17, 15) is 0 Å². The van der Waals surface area contributed by atoms with Crippen LogP contribution in [-0.2, 0) is 5.54 Å². The Morgan fingerprint density at radius 1 is 1.00 bits per heavy atom. The lowest BCUT2D eigenvalue weighted by molar-refractivity contribution is 0.0536. The van der Waals surface area contributed by atoms with Gasteiger partial charge in [0.15, 0.2) is 5.79 Å². The van der Waals surface area contributed by atoms with E-state index >= 15 is 4.39 Å². The molecule has 1 aromatic heterocycles. The Bertz CT molecular complexity index is 936. The van der Waals surface area contributed by atoms with Crippen molar-refractivity contribution in [2.75, 3.05) is 14.1 Å². The zero-order valence-corrected chi connectivity index (χ0v) is 16.2. The number of alkyl halides is 1. The van der Waals surface area contributed by atoms with Gasteiger partial charge in [-0.3, -0.25) is 4.90 Å². The van der Waals surface area contributed by atoms with Crippen molar-refractivity contribution in [2.24, 2.45) is 0 Å². The molecule has 1 aliphatic rings. The van der Waals surface area contributed by atoms with Gasteiger partial charge in [-0.15, -0.1) is 0 Å². The van der Waals surface area contributed by atoms with Crippen LogP contribution in [0.15, 0.2) is 103 Å². The molecule has 4 heteroatoms. The minimum atomic E-state index is -1.47. The zero-order valence-electron chi connectivity index (χ0n) is 16.2. The molecule has 1 heterocycles. The quantitative estimate of drug-likeness (QED) is 0.600. The Kier molecular flexibility index (Phi) is 4.73. The largest absolute Gasteiger partial charge is 0.319 e. The van der Waals surface area contributed by atoms with Gasteiger partial charge in [-0.1, -0.05) is 72.8 Å². The summed E-state index contributed by atoms with van der Waals surface area (Å²) in [7, 11) is 3.53. The first-order valence-corrected chi connectivity index (χ1v) is 9.43. The molecular formula is C24H24FN3. The van der Waals surface area contributed by atoms with Crippen LogP contribution >= 0.6 is 0 Å². The topological polar surface area (TPSA) is 21.1 Å². The highest BCUT2D eigenvalue weighted by Crippen LogP contribution is 2.44. The minimum absolute atomic E-state index is 0.294. The van der Waals surface area contributed by atoms with Crippen molar-refractivity contribution in [3.63, 3.8) is 0 Å². The second kappa shape index (κ2) is 7.21. The van der Waals surface area contributed by atoms with Crippen LogP contribution in [0.5, 0.6) is 0 Å². The van der Waals surface area contributed by atoms with Crippen LogP contribution in [0.3, 0.4) is 0 Å². The van der Waals surface area contributed by atoms with Gasteiger partial charge in [0.1, 0.15) is 5.54 Å². The number of halogens is 1. The Hall–Kier alpha value is -2.98. The molecule has 0 saturated heterocycles. The molecule has 2 aromatic carbocycles. The van der Waals surface area contributed by atoms with E-state index in [2.05, 4.69) is 33.8 Å². The van der Waals surface area contributed by atoms with E-state index in [1.807, 2.05) is 61.1 Å². The summed E-state index contributed by atoms with van der Waals surface area (Å²) < 4.78 is 17.3. The van der Waals surface area contributed by atoms with Crippen molar-refractivity contribution in [1.29, 1.82) is 0 Å². The number of likely N-dealkylation sites (N-methyl/N-ethyl adjacent to an activating group) is 1. The molecule has 3 aromatic rings. The predicted octanol–water partition coefficient (Wildman–Crippen LogP) is 4.79. The fourth-order valence-electron chi connectivity index (χ4n) is 3.97. The van der Waals surface area contributed by atoms with Crippen LogP contribution < -0.4 is 0 Å². The third kappa shape index (κ3) is 2.90. The summed E-state index contributed by atoms with van der Waals surface area (Å²) in [5.74, 6) is -1.47. The van der Waals surface area contributed by atoms with Crippen LogP contribution in [0.25, 0.3) is 0 Å². The summed E-state index contributed by atoms with van der Waals surface area (Å²) in [6.07, 6.45) is 11.5. The molecule has 4 rings (SSSR count). The average molecular weight is 373 g/mol. The SMILES string of the molecule is CN(C)C1(F)C=CC(C(c2ccccc2)(c2ccccc2)n2ccnc2)=CC1. The number of aromatic nitrogens is 2. The Morgan fingerprint density at radius 3 is 2.04 bits per heavy atom. The summed E-state index contributed by atoms with van der Waals surface area (Å²) in [6.45, 7) is 0. The Balaban J connectivity index is 1.98. The van der Waals surface area contributed by atoms with Gasteiger partial charge >= 0.3 is 0 Å². The third-order valence-corrected chi connectivity index (χ3v) is 5.56. The van der Waals surface area contributed by atoms with Crippen molar-refractivity contribution < 1.29 is 4.39 Å². The van der Waals surface area contributed by atoms with Crippen LogP contribution in [0.1, 0.15) is 17.5 Å². The molecule has 0 amide bonds. The first kappa shape index (κ1) is 18.4. The first-order chi connectivity index (χ1) is 13.6. The van der Waals surface area contributed by atoms with Crippen molar-refractivity contribution in [3.05, 3.63) is 114 Å². The molecule has 0 spiro atoms. The van der Waals surface area contributed by atoms with Crippen LogP contribution in [0.4, 0.5) is 4.39 Å². The number of imidazole rings is 1. The van der Waals surface area contributed by atoms with E-state index in [4.69, 9.17) is 0 Å². The molecule has 1 aliphatic carbocycles. The molecule has 1 unspecified atom stereocenters. The van der Waals surface area contributed by atoms with Crippen molar-refractivity contribution in [2.45, 2.75) is 17.8 Å². The second-order valence-electron chi connectivity index (χ2n) is 7.32. The number of hydrogen-bond acceptors (Lipinski definition) is 2. The first-order valence-electron chi connectivity index (χ1n) is 9.43. The number of nitrogens with zero attached hydrogens (tertiary/aromatic N) is 3. The third-order valence-electron chi connectivity index (χ3n) is 5.56. The molecule has 0 radical (unpaired) electrons. The predicted molar refractivity (Wildman–Crippen MR) is 111 cm³/mol. The molecule has 0 aliphatic heterocycles. The molecule has 0 N–H and O–H groups in total. The lowest BCUT2D eigenvalue weighted by Crippen LogP contribution is -2.42. The van der Waals surface area contributed by atoms with Crippen LogP contribution in [0.2, 0.25) is 0 Å². The van der Waals surface area contributed by atoms with Gasteiger partial charge in [0, 0.05) is 18.8 Å². The summed E-state index contributed by atoms with van der Waals surface area (Å²) in [5.41, 5.74) is 2.61. The summed E-state index contributed by atoms with van der Waals surface area (Å²) in [4.78, 5) is 5.93.